The highest BCUT2D eigenvalue weighted by molar-refractivity contribution is 7.52. The number of thiophene rings is 1. The second-order valence-electron chi connectivity index (χ2n) is 19.4. The maximum Gasteiger partial charge on any atom is 0.399 e. The first kappa shape index (κ1) is 51.5. The van der Waals surface area contributed by atoms with Crippen LogP contribution in [-0.2, 0) is 45.4 Å². The zero-order valence-electron chi connectivity index (χ0n) is 39.5. The summed E-state index contributed by atoms with van der Waals surface area (Å²) in [5.74, 6) is 3.91. The molecule has 5 atom stereocenters. The summed E-state index contributed by atoms with van der Waals surface area (Å²) in [6.07, 6.45) is 2.59. The zero-order valence-corrected chi connectivity index (χ0v) is 41.2. The molecular formula is C51H56F2N5O11PS. The van der Waals surface area contributed by atoms with Crippen molar-refractivity contribution in [3.8, 4) is 11.8 Å². The number of benzene rings is 3. The normalized spacial score (nSPS) is 21.2. The second kappa shape index (κ2) is 21.1. The van der Waals surface area contributed by atoms with Gasteiger partial charge in [0.1, 0.15) is 24.2 Å². The van der Waals surface area contributed by atoms with Crippen LogP contribution in [0.15, 0.2) is 72.8 Å². The highest BCUT2D eigenvalue weighted by atomic mass is 32.1. The van der Waals surface area contributed by atoms with Crippen LogP contribution in [0, 0.1) is 17.3 Å². The monoisotopic (exact) mass is 1020 g/mol. The van der Waals surface area contributed by atoms with Gasteiger partial charge in [-0.2, -0.15) is 8.78 Å². The number of imide groups is 1. The Hall–Kier alpha value is -5.87. The number of carbonyl (C=O) groups is 6. The fraction of sp³-hybridized carbons (Fsp3) is 0.451. The predicted molar refractivity (Wildman–Crippen MR) is 258 cm³/mol. The molecule has 3 aromatic carbocycles. The molecule has 0 saturated carbocycles. The molecule has 4 aromatic rings. The summed E-state index contributed by atoms with van der Waals surface area (Å²) < 4.78 is 53.5. The van der Waals surface area contributed by atoms with Crippen LogP contribution in [0.1, 0.15) is 114 Å². The Balaban J connectivity index is 0.912. The van der Waals surface area contributed by atoms with Crippen molar-refractivity contribution in [3.05, 3.63) is 105 Å². The molecule has 0 spiro atoms. The van der Waals surface area contributed by atoms with Gasteiger partial charge in [0.05, 0.1) is 24.1 Å². The fourth-order valence-electron chi connectivity index (χ4n) is 9.46. The molecule has 4 aliphatic rings. The van der Waals surface area contributed by atoms with Crippen LogP contribution < -0.4 is 10.6 Å². The minimum Gasteiger partial charge on any atom is -0.376 e. The van der Waals surface area contributed by atoms with E-state index in [0.29, 0.717) is 48.4 Å². The molecule has 5 heterocycles. The van der Waals surface area contributed by atoms with Crippen LogP contribution >= 0.6 is 18.9 Å². The van der Waals surface area contributed by atoms with Gasteiger partial charge >= 0.3 is 13.3 Å². The van der Waals surface area contributed by atoms with Gasteiger partial charge in [-0.15, -0.1) is 11.3 Å². The first-order valence-corrected chi connectivity index (χ1v) is 26.1. The lowest BCUT2D eigenvalue weighted by Gasteiger charge is -2.38. The molecule has 3 saturated heterocycles. The molecule has 2 unspecified atom stereocenters. The molecule has 20 heteroatoms. The largest absolute Gasteiger partial charge is 0.399 e. The van der Waals surface area contributed by atoms with E-state index in [0.717, 1.165) is 47.4 Å². The highest BCUT2D eigenvalue weighted by Gasteiger charge is 2.51. The lowest BCUT2D eigenvalue weighted by molar-refractivity contribution is -0.150. The summed E-state index contributed by atoms with van der Waals surface area (Å²) in [7, 11) is -5.84. The minimum atomic E-state index is -5.84. The summed E-state index contributed by atoms with van der Waals surface area (Å²) in [6, 6.07) is 16.5. The number of likely N-dealkylation sites (tertiary alicyclic amines) is 1. The number of fused-ring (bicyclic) bond motifs is 2. The molecule has 16 nitrogen and oxygen atoms in total. The quantitative estimate of drug-likeness (QED) is 0.0481. The number of ether oxygens (including phenoxy) is 2. The number of amides is 6. The van der Waals surface area contributed by atoms with Gasteiger partial charge in [0.15, 0.2) is 0 Å². The number of rotatable bonds is 14. The summed E-state index contributed by atoms with van der Waals surface area (Å²) in [5, 5.41) is 5.34. The molecule has 4 N–H and O–H groups in total. The Morgan fingerprint density at radius 1 is 1.00 bits per heavy atom. The maximum atomic E-state index is 14.8. The Kier molecular flexibility index (Phi) is 15.3. The number of unbranched alkanes of at least 4 members (excludes halogenated alkanes) is 3. The van der Waals surface area contributed by atoms with Crippen LogP contribution in [0.4, 0.5) is 8.78 Å². The van der Waals surface area contributed by atoms with E-state index in [1.807, 2.05) is 36.4 Å². The van der Waals surface area contributed by atoms with Crippen LogP contribution in [-0.4, -0.2) is 117 Å². The van der Waals surface area contributed by atoms with Crippen molar-refractivity contribution in [1.29, 1.82) is 0 Å². The van der Waals surface area contributed by atoms with E-state index in [9.17, 15) is 51.9 Å². The minimum absolute atomic E-state index is 0.0821. The van der Waals surface area contributed by atoms with Gasteiger partial charge in [-0.3, -0.25) is 38.6 Å². The molecule has 0 radical (unpaired) electrons. The topological polar surface area (TPSA) is 212 Å². The molecule has 71 heavy (non-hydrogen) atoms. The molecule has 376 valence electrons. The Morgan fingerprint density at radius 2 is 1.77 bits per heavy atom. The second-order valence-corrected chi connectivity index (χ2v) is 22.1. The van der Waals surface area contributed by atoms with Crippen molar-refractivity contribution in [1.82, 2.24) is 25.3 Å². The van der Waals surface area contributed by atoms with Crippen molar-refractivity contribution in [3.63, 3.8) is 0 Å². The average Bonchev–Trinajstić information content (AvgIpc) is 4.06. The highest BCUT2D eigenvalue weighted by Crippen LogP contribution is 2.59. The lowest BCUT2D eigenvalue weighted by atomic mass is 9.85. The number of nitrogens with one attached hydrogen (secondary N) is 2. The molecule has 0 bridgehead atoms. The van der Waals surface area contributed by atoms with Crippen molar-refractivity contribution >= 4 is 64.5 Å². The first-order chi connectivity index (χ1) is 33.7. The third kappa shape index (κ3) is 11.3. The van der Waals surface area contributed by atoms with E-state index < -0.39 is 66.2 Å². The van der Waals surface area contributed by atoms with Gasteiger partial charge in [-0.25, -0.2) is 0 Å². The molecule has 0 aliphatic carbocycles. The number of nitrogens with zero attached hydrogens (tertiary/aromatic N) is 3. The maximum absolute atomic E-state index is 14.8. The van der Waals surface area contributed by atoms with E-state index in [2.05, 4.69) is 22.5 Å². The lowest BCUT2D eigenvalue weighted by Crippen LogP contribution is -2.58. The van der Waals surface area contributed by atoms with Crippen molar-refractivity contribution in [2.75, 3.05) is 32.8 Å². The first-order valence-electron chi connectivity index (χ1n) is 23.6. The van der Waals surface area contributed by atoms with E-state index in [-0.39, 0.29) is 73.0 Å². The van der Waals surface area contributed by atoms with Gasteiger partial charge in [0.2, 0.25) is 23.6 Å². The Morgan fingerprint density at radius 3 is 2.51 bits per heavy atom. The van der Waals surface area contributed by atoms with Crippen LogP contribution in [0.25, 0.3) is 10.1 Å². The molecule has 1 aromatic heterocycles. The number of carbonyl (C=O) groups excluding carboxylic acids is 6. The standard InChI is InChI=1S/C51H56F2N5O11PS/c1-50(2,3)44(55-46(61)42-26-33-25-34(18-20-41(33)71-42)51(52,53)70(65,66)67)49(64)57-28-35(27-39(57)48(63)56-22-24-69-40(30-56)32-14-9-7-10-15-32)68-23-11-6-4-5-8-13-31-16-12-17-36-37(31)29-58(47(36)62)38-19-21-43(59)54-45(38)60/h7,9-10,12,14-18,20,25-26,35,38-40,44H,4-6,11,19,21-24,27-30H2,1-3H3,(H,55,61)(H,54,59,60)(H2,65,66,67)/t35-,38?,39-,40?,44+/m0/s1. The van der Waals surface area contributed by atoms with Crippen molar-refractivity contribution < 1.29 is 61.4 Å². The summed E-state index contributed by atoms with van der Waals surface area (Å²) >= 11 is 0.969. The molecule has 3 fully saturated rings. The number of alkyl halides is 2. The smallest absolute Gasteiger partial charge is 0.376 e. The van der Waals surface area contributed by atoms with E-state index in [1.54, 1.807) is 37.8 Å². The van der Waals surface area contributed by atoms with Crippen LogP contribution in [0.3, 0.4) is 0 Å². The number of hydrogen-bond acceptors (Lipinski definition) is 10. The number of hydrogen-bond donors (Lipinski definition) is 4. The predicted octanol–water partition coefficient (Wildman–Crippen LogP) is 6.23. The van der Waals surface area contributed by atoms with Crippen LogP contribution in [0.2, 0.25) is 0 Å². The number of halogens is 2. The molecular weight excluding hydrogens is 960 g/mol. The zero-order chi connectivity index (χ0) is 50.8. The number of piperidine rings is 1. The van der Waals surface area contributed by atoms with E-state index in [1.165, 1.54) is 21.9 Å². The van der Waals surface area contributed by atoms with Gasteiger partial charge in [0.25, 0.3) is 11.8 Å². The summed E-state index contributed by atoms with van der Waals surface area (Å²) in [5.41, 5.74) is -3.32. The van der Waals surface area contributed by atoms with E-state index >= 15 is 0 Å². The third-order valence-electron chi connectivity index (χ3n) is 13.3. The van der Waals surface area contributed by atoms with Gasteiger partial charge in [-0.1, -0.05) is 81.5 Å². The van der Waals surface area contributed by atoms with Crippen molar-refractivity contribution in [2.24, 2.45) is 5.41 Å². The van der Waals surface area contributed by atoms with Gasteiger partial charge < -0.3 is 39.3 Å². The third-order valence-corrected chi connectivity index (χ3v) is 15.4. The van der Waals surface area contributed by atoms with Crippen LogP contribution in [0.5, 0.6) is 0 Å². The van der Waals surface area contributed by atoms with E-state index in [4.69, 9.17) is 9.47 Å². The van der Waals surface area contributed by atoms with Gasteiger partial charge in [-0.05, 0) is 71.5 Å². The Bertz CT molecular complexity index is 2840. The van der Waals surface area contributed by atoms with Crippen molar-refractivity contribution in [2.45, 2.75) is 108 Å². The fourth-order valence-corrected chi connectivity index (χ4v) is 10.9. The average molecular weight is 1020 g/mol. The van der Waals surface area contributed by atoms with Gasteiger partial charge in [0, 0.05) is 66.9 Å². The Labute approximate surface area is 413 Å². The summed E-state index contributed by atoms with van der Waals surface area (Å²) in [4.78, 5) is 104. The molecule has 6 amide bonds. The summed E-state index contributed by atoms with van der Waals surface area (Å²) in [6.45, 7) is 6.88. The SMILES string of the molecule is CC(C)(C)[C@H](NC(=O)c1cc2cc(C(F)(F)P(=O)(O)O)ccc2s1)C(=O)N1C[C@@H](OCCCCCC#Cc2cccc3c2CN(C2CCC(=O)NC2=O)C3=O)C[C@H]1C(=O)N1CCOC(c2ccccc2)C1. The molecule has 8 rings (SSSR count). The molecule has 4 aliphatic heterocycles. The number of morpholine rings is 1.